The molecule has 0 bridgehead atoms. The number of aliphatic imine (C=N–C) groups is 1. The molecule has 0 unspecified atom stereocenters. The summed E-state index contributed by atoms with van der Waals surface area (Å²) in [5.41, 5.74) is 4.39. The molecule has 0 aliphatic rings. The lowest BCUT2D eigenvalue weighted by molar-refractivity contribution is 0.622. The van der Waals surface area contributed by atoms with Crippen LogP contribution in [0.3, 0.4) is 0 Å². The molecule has 0 radical (unpaired) electrons. The smallest absolute Gasteiger partial charge is 0.191 e. The van der Waals surface area contributed by atoms with Gasteiger partial charge < -0.3 is 19.8 Å². The number of benzene rings is 2. The number of halogens is 1. The van der Waals surface area contributed by atoms with Gasteiger partial charge in [0.15, 0.2) is 5.96 Å². The van der Waals surface area contributed by atoms with E-state index in [1.807, 2.05) is 31.3 Å². The molecule has 2 heterocycles. The first-order valence-corrected chi connectivity index (χ1v) is 9.94. The Kier molecular flexibility index (Phi) is 7.30. The summed E-state index contributed by atoms with van der Waals surface area (Å²) in [6, 6.07) is 16.4. The van der Waals surface area contributed by atoms with Crippen molar-refractivity contribution in [3.8, 4) is 0 Å². The highest BCUT2D eigenvalue weighted by Crippen LogP contribution is 2.16. The van der Waals surface area contributed by atoms with Gasteiger partial charge in [-0.15, -0.1) is 24.0 Å². The summed E-state index contributed by atoms with van der Waals surface area (Å²) in [6.07, 6.45) is 0.980. The number of guanidine groups is 1. The van der Waals surface area contributed by atoms with E-state index in [-0.39, 0.29) is 24.0 Å². The molecule has 4 rings (SSSR count). The molecular weight excluding hydrogens is 489 g/mol. The van der Waals surface area contributed by atoms with Crippen LogP contribution in [0, 0.1) is 6.92 Å². The average Bonchev–Trinajstić information content (AvgIpc) is 3.24. The largest absolute Gasteiger partial charge is 0.356 e. The first-order valence-electron chi connectivity index (χ1n) is 9.94. The molecule has 7 nitrogen and oxygen atoms in total. The van der Waals surface area contributed by atoms with Crippen LogP contribution in [0.25, 0.3) is 22.1 Å². The number of hydrogen-bond donors (Lipinski definition) is 2. The fourth-order valence-corrected chi connectivity index (χ4v) is 3.66. The van der Waals surface area contributed by atoms with Gasteiger partial charge in [0.25, 0.3) is 0 Å². The maximum atomic E-state index is 4.69. The normalized spacial score (nSPS) is 11.6. The quantitative estimate of drug-likeness (QED) is 0.178. The molecule has 0 atom stereocenters. The van der Waals surface area contributed by atoms with Crippen LogP contribution in [-0.2, 0) is 20.1 Å². The Balaban J connectivity index is 0.00000256. The Morgan fingerprint density at radius 1 is 0.967 bits per heavy atom. The number of aryl methyl sites for hydroxylation is 3. The molecule has 0 saturated carbocycles. The lowest BCUT2D eigenvalue weighted by atomic mass is 10.3. The topological polar surface area (TPSA) is 72.1 Å². The molecular formula is C22H28IN7. The third-order valence-corrected chi connectivity index (χ3v) is 5.21. The fraction of sp³-hybridized carbons (Fsp3) is 0.318. The maximum Gasteiger partial charge on any atom is 0.191 e. The number of para-hydroxylation sites is 4. The highest BCUT2D eigenvalue weighted by molar-refractivity contribution is 14.0. The van der Waals surface area contributed by atoms with E-state index in [2.05, 4.69) is 60.9 Å². The van der Waals surface area contributed by atoms with Gasteiger partial charge in [0.05, 0.1) is 28.6 Å². The van der Waals surface area contributed by atoms with Crippen molar-refractivity contribution < 1.29 is 0 Å². The van der Waals surface area contributed by atoms with Crippen molar-refractivity contribution in [1.82, 2.24) is 29.7 Å². The second-order valence-corrected chi connectivity index (χ2v) is 7.08. The first-order chi connectivity index (χ1) is 14.2. The van der Waals surface area contributed by atoms with E-state index < -0.39 is 0 Å². The Hall–Kier alpha value is -2.62. The number of aromatic nitrogens is 4. The third-order valence-electron chi connectivity index (χ3n) is 5.21. The van der Waals surface area contributed by atoms with Gasteiger partial charge in [-0.2, -0.15) is 0 Å². The molecule has 4 aromatic rings. The van der Waals surface area contributed by atoms with Crippen LogP contribution >= 0.6 is 24.0 Å². The summed E-state index contributed by atoms with van der Waals surface area (Å²) in [5.74, 6) is 2.81. The van der Waals surface area contributed by atoms with Crippen molar-refractivity contribution in [3.05, 3.63) is 60.2 Å². The van der Waals surface area contributed by atoms with Gasteiger partial charge in [-0.3, -0.25) is 4.99 Å². The molecule has 0 spiro atoms. The van der Waals surface area contributed by atoms with E-state index in [4.69, 9.17) is 4.98 Å². The molecule has 0 fully saturated rings. The molecule has 30 heavy (non-hydrogen) atoms. The lowest BCUT2D eigenvalue weighted by Crippen LogP contribution is -2.38. The van der Waals surface area contributed by atoms with Crippen molar-refractivity contribution in [2.75, 3.05) is 13.6 Å². The molecule has 0 aliphatic carbocycles. The van der Waals surface area contributed by atoms with E-state index in [0.29, 0.717) is 6.54 Å². The minimum absolute atomic E-state index is 0. The summed E-state index contributed by atoms with van der Waals surface area (Å²) < 4.78 is 4.38. The standard InChI is InChI=1S/C22H27N7.HI/c1-16-26-18-10-5-7-12-20(18)29(16)14-8-13-24-22(23-2)25-15-21-27-17-9-4-6-11-19(17)28(21)3;/h4-7,9-12H,8,13-15H2,1-3H3,(H2,23,24,25);1H. The van der Waals surface area contributed by atoms with E-state index >= 15 is 0 Å². The molecule has 2 N–H and O–H groups in total. The average molecular weight is 517 g/mol. The van der Waals surface area contributed by atoms with Gasteiger partial charge in [0, 0.05) is 27.2 Å². The van der Waals surface area contributed by atoms with Gasteiger partial charge >= 0.3 is 0 Å². The molecule has 2 aromatic carbocycles. The second-order valence-electron chi connectivity index (χ2n) is 7.08. The Morgan fingerprint density at radius 3 is 2.33 bits per heavy atom. The number of nitrogens with zero attached hydrogens (tertiary/aromatic N) is 5. The molecule has 158 valence electrons. The Bertz CT molecular complexity index is 1160. The van der Waals surface area contributed by atoms with Crippen LogP contribution in [0.4, 0.5) is 0 Å². The summed E-state index contributed by atoms with van der Waals surface area (Å²) >= 11 is 0. The van der Waals surface area contributed by atoms with Crippen LogP contribution < -0.4 is 10.6 Å². The highest BCUT2D eigenvalue weighted by Gasteiger charge is 2.08. The van der Waals surface area contributed by atoms with Crippen molar-refractivity contribution in [2.45, 2.75) is 26.4 Å². The van der Waals surface area contributed by atoms with Crippen LogP contribution in [0.1, 0.15) is 18.1 Å². The number of rotatable bonds is 6. The van der Waals surface area contributed by atoms with Crippen LogP contribution in [-0.4, -0.2) is 38.7 Å². The molecule has 0 saturated heterocycles. The van der Waals surface area contributed by atoms with Crippen LogP contribution in [0.2, 0.25) is 0 Å². The Labute approximate surface area is 193 Å². The van der Waals surface area contributed by atoms with E-state index in [0.717, 1.165) is 53.7 Å². The zero-order valence-corrected chi connectivity index (χ0v) is 19.9. The SMILES string of the molecule is CN=C(NCCCn1c(C)nc2ccccc21)NCc1nc2ccccc2n1C.I. The van der Waals surface area contributed by atoms with Gasteiger partial charge in [-0.1, -0.05) is 24.3 Å². The van der Waals surface area contributed by atoms with E-state index in [1.54, 1.807) is 7.05 Å². The van der Waals surface area contributed by atoms with Crippen molar-refractivity contribution in [2.24, 2.45) is 12.0 Å². The van der Waals surface area contributed by atoms with Gasteiger partial charge in [0.1, 0.15) is 11.6 Å². The number of hydrogen-bond acceptors (Lipinski definition) is 3. The molecule has 0 amide bonds. The van der Waals surface area contributed by atoms with Crippen molar-refractivity contribution in [1.29, 1.82) is 0 Å². The zero-order valence-electron chi connectivity index (χ0n) is 17.6. The van der Waals surface area contributed by atoms with Gasteiger partial charge in [-0.05, 0) is 37.6 Å². The minimum Gasteiger partial charge on any atom is -0.356 e. The monoisotopic (exact) mass is 517 g/mol. The zero-order chi connectivity index (χ0) is 20.2. The molecule has 8 heteroatoms. The van der Waals surface area contributed by atoms with Gasteiger partial charge in [-0.25, -0.2) is 9.97 Å². The van der Waals surface area contributed by atoms with Crippen LogP contribution in [0.5, 0.6) is 0 Å². The maximum absolute atomic E-state index is 4.69. The van der Waals surface area contributed by atoms with Crippen molar-refractivity contribution >= 4 is 52.0 Å². The predicted molar refractivity (Wildman–Crippen MR) is 133 cm³/mol. The fourth-order valence-electron chi connectivity index (χ4n) is 3.66. The summed E-state index contributed by atoms with van der Waals surface area (Å²) in [7, 11) is 3.83. The number of imidazole rings is 2. The lowest BCUT2D eigenvalue weighted by Gasteiger charge is -2.12. The van der Waals surface area contributed by atoms with E-state index in [1.165, 1.54) is 5.52 Å². The predicted octanol–water partition coefficient (Wildman–Crippen LogP) is 3.60. The number of nitrogens with one attached hydrogen (secondary N) is 2. The van der Waals surface area contributed by atoms with Gasteiger partial charge in [0.2, 0.25) is 0 Å². The minimum atomic E-state index is 0. The second kappa shape index (κ2) is 9.92. The molecule has 0 aliphatic heterocycles. The van der Waals surface area contributed by atoms with Crippen LogP contribution in [0.15, 0.2) is 53.5 Å². The highest BCUT2D eigenvalue weighted by atomic mass is 127. The first kappa shape index (κ1) is 22.1. The summed E-state index contributed by atoms with van der Waals surface area (Å²) in [4.78, 5) is 13.7. The van der Waals surface area contributed by atoms with Crippen molar-refractivity contribution in [3.63, 3.8) is 0 Å². The summed E-state index contributed by atoms with van der Waals surface area (Å²) in [6.45, 7) is 4.43. The van der Waals surface area contributed by atoms with E-state index in [9.17, 15) is 0 Å². The molecule has 2 aromatic heterocycles. The summed E-state index contributed by atoms with van der Waals surface area (Å²) in [5, 5.41) is 6.75. The number of fused-ring (bicyclic) bond motifs is 2. The Morgan fingerprint density at radius 2 is 1.63 bits per heavy atom. The third kappa shape index (κ3) is 4.58.